The van der Waals surface area contributed by atoms with Crippen LogP contribution < -0.4 is 4.74 Å². The lowest BCUT2D eigenvalue weighted by Crippen LogP contribution is -2.06. The summed E-state index contributed by atoms with van der Waals surface area (Å²) in [5.41, 5.74) is 0. The predicted octanol–water partition coefficient (Wildman–Crippen LogP) is 3.51. The molecule has 0 fully saturated rings. The number of benzene rings is 1. The van der Waals surface area contributed by atoms with Crippen molar-refractivity contribution < 1.29 is 9.47 Å². The maximum absolute atomic E-state index is 5.89. The molecule has 0 atom stereocenters. The van der Waals surface area contributed by atoms with Crippen LogP contribution in [0.25, 0.3) is 0 Å². The highest BCUT2D eigenvalue weighted by molar-refractivity contribution is 9.10. The fourth-order valence-corrected chi connectivity index (χ4v) is 3.13. The Labute approximate surface area is 141 Å². The third kappa shape index (κ3) is 5.18. The van der Waals surface area contributed by atoms with E-state index >= 15 is 0 Å². The molecule has 0 aliphatic heterocycles. The lowest BCUT2D eigenvalue weighted by atomic mass is 10.3. The van der Waals surface area contributed by atoms with Crippen molar-refractivity contribution in [1.82, 2.24) is 14.8 Å². The van der Waals surface area contributed by atoms with Crippen LogP contribution in [0.2, 0.25) is 5.02 Å². The van der Waals surface area contributed by atoms with Crippen molar-refractivity contribution in [3.05, 3.63) is 34.0 Å². The second-order valence-electron chi connectivity index (χ2n) is 4.07. The van der Waals surface area contributed by atoms with Crippen LogP contribution in [0.5, 0.6) is 5.75 Å². The van der Waals surface area contributed by atoms with E-state index < -0.39 is 0 Å². The average Bonchev–Trinajstić information content (AvgIpc) is 2.90. The molecule has 2 aromatic rings. The van der Waals surface area contributed by atoms with E-state index in [1.54, 1.807) is 31.3 Å². The Morgan fingerprint density at radius 2 is 2.24 bits per heavy atom. The Balaban J connectivity index is 1.78. The quantitative estimate of drug-likeness (QED) is 0.508. The van der Waals surface area contributed by atoms with Crippen LogP contribution in [-0.4, -0.2) is 40.8 Å². The van der Waals surface area contributed by atoms with Gasteiger partial charge in [-0.15, -0.1) is 10.2 Å². The zero-order valence-electron chi connectivity index (χ0n) is 11.5. The number of nitrogens with zero attached hydrogens (tertiary/aromatic N) is 3. The number of aromatic nitrogens is 3. The minimum absolute atomic E-state index is 0.571. The Hall–Kier alpha value is -0.760. The Morgan fingerprint density at radius 3 is 3.00 bits per heavy atom. The van der Waals surface area contributed by atoms with Crippen molar-refractivity contribution in [2.24, 2.45) is 0 Å². The molecule has 2 rings (SSSR count). The van der Waals surface area contributed by atoms with Gasteiger partial charge in [-0.1, -0.05) is 23.4 Å². The van der Waals surface area contributed by atoms with E-state index in [0.717, 1.165) is 27.7 Å². The number of halogens is 2. The van der Waals surface area contributed by atoms with E-state index in [0.29, 0.717) is 18.2 Å². The molecule has 1 heterocycles. The molecular weight excluding hydrogens is 378 g/mol. The molecule has 0 amide bonds. The largest absolute Gasteiger partial charge is 0.492 e. The number of thioether (sulfide) groups is 1. The van der Waals surface area contributed by atoms with E-state index in [4.69, 9.17) is 21.1 Å². The molecule has 0 bridgehead atoms. The topological polar surface area (TPSA) is 49.2 Å². The summed E-state index contributed by atoms with van der Waals surface area (Å²) in [4.78, 5) is 0. The standard InChI is InChI=1S/C13H15BrClN3O2S/c1-19-5-4-18-9-16-17-13(18)21-7-6-20-12-3-2-10(15)8-11(12)14/h2-3,8-9H,4-7H2,1H3. The van der Waals surface area contributed by atoms with Gasteiger partial charge in [0.15, 0.2) is 5.16 Å². The summed E-state index contributed by atoms with van der Waals surface area (Å²) in [6.45, 7) is 1.96. The predicted molar refractivity (Wildman–Crippen MR) is 87.3 cm³/mol. The van der Waals surface area contributed by atoms with E-state index in [9.17, 15) is 0 Å². The molecule has 1 aromatic carbocycles. The third-order valence-electron chi connectivity index (χ3n) is 2.58. The smallest absolute Gasteiger partial charge is 0.191 e. The molecule has 21 heavy (non-hydrogen) atoms. The molecule has 0 aliphatic rings. The van der Waals surface area contributed by atoms with Gasteiger partial charge in [-0.05, 0) is 34.1 Å². The molecule has 0 aliphatic carbocycles. The number of hydrogen-bond donors (Lipinski definition) is 0. The maximum Gasteiger partial charge on any atom is 0.191 e. The van der Waals surface area contributed by atoms with Gasteiger partial charge < -0.3 is 14.0 Å². The SMILES string of the molecule is COCCn1cnnc1SCCOc1ccc(Cl)cc1Br. The van der Waals surface area contributed by atoms with E-state index in [1.807, 2.05) is 16.7 Å². The van der Waals surface area contributed by atoms with Crippen LogP contribution >= 0.6 is 39.3 Å². The highest BCUT2D eigenvalue weighted by Crippen LogP contribution is 2.28. The number of hydrogen-bond acceptors (Lipinski definition) is 5. The van der Waals surface area contributed by atoms with Gasteiger partial charge in [0.2, 0.25) is 0 Å². The van der Waals surface area contributed by atoms with E-state index in [-0.39, 0.29) is 0 Å². The van der Waals surface area contributed by atoms with Crippen molar-refractivity contribution in [3.8, 4) is 5.75 Å². The molecular formula is C13H15BrClN3O2S. The molecule has 0 saturated carbocycles. The fraction of sp³-hybridized carbons (Fsp3) is 0.385. The van der Waals surface area contributed by atoms with Crippen LogP contribution in [0.1, 0.15) is 0 Å². The lowest BCUT2D eigenvalue weighted by Gasteiger charge is -2.08. The lowest BCUT2D eigenvalue weighted by molar-refractivity contribution is 0.184. The van der Waals surface area contributed by atoms with Gasteiger partial charge in [-0.25, -0.2) is 0 Å². The molecule has 0 N–H and O–H groups in total. The highest BCUT2D eigenvalue weighted by Gasteiger charge is 2.06. The first-order chi connectivity index (χ1) is 10.2. The molecule has 114 valence electrons. The normalized spacial score (nSPS) is 10.8. The molecule has 1 aromatic heterocycles. The fourth-order valence-electron chi connectivity index (χ4n) is 1.58. The molecule has 0 radical (unpaired) electrons. The Kier molecular flexibility index (Phi) is 6.82. The van der Waals surface area contributed by atoms with Crippen LogP contribution in [-0.2, 0) is 11.3 Å². The first kappa shape index (κ1) is 16.6. The van der Waals surface area contributed by atoms with Gasteiger partial charge in [-0.2, -0.15) is 0 Å². The molecule has 0 unspecified atom stereocenters. The van der Waals surface area contributed by atoms with Gasteiger partial charge in [0.05, 0.1) is 17.7 Å². The molecule has 0 saturated heterocycles. The summed E-state index contributed by atoms with van der Waals surface area (Å²) in [7, 11) is 1.68. The van der Waals surface area contributed by atoms with Crippen molar-refractivity contribution in [3.63, 3.8) is 0 Å². The number of methoxy groups -OCH3 is 1. The monoisotopic (exact) mass is 391 g/mol. The summed E-state index contributed by atoms with van der Waals surface area (Å²) < 4.78 is 13.6. The van der Waals surface area contributed by atoms with Crippen molar-refractivity contribution in [2.45, 2.75) is 11.7 Å². The summed E-state index contributed by atoms with van der Waals surface area (Å²) in [5.74, 6) is 1.56. The zero-order valence-corrected chi connectivity index (χ0v) is 14.6. The van der Waals surface area contributed by atoms with Gasteiger partial charge in [0.1, 0.15) is 12.1 Å². The minimum Gasteiger partial charge on any atom is -0.492 e. The average molecular weight is 393 g/mol. The second-order valence-corrected chi connectivity index (χ2v) is 6.42. The maximum atomic E-state index is 5.89. The number of rotatable bonds is 8. The van der Waals surface area contributed by atoms with Crippen LogP contribution in [0.3, 0.4) is 0 Å². The molecule has 0 spiro atoms. The summed E-state index contributed by atoms with van der Waals surface area (Å²) in [5, 5.41) is 9.53. The molecule has 5 nitrogen and oxygen atoms in total. The van der Waals surface area contributed by atoms with Gasteiger partial charge >= 0.3 is 0 Å². The minimum atomic E-state index is 0.571. The van der Waals surface area contributed by atoms with E-state index in [1.165, 1.54) is 0 Å². The van der Waals surface area contributed by atoms with Gasteiger partial charge in [0, 0.05) is 24.4 Å². The molecule has 8 heteroatoms. The van der Waals surface area contributed by atoms with Crippen molar-refractivity contribution >= 4 is 39.3 Å². The highest BCUT2D eigenvalue weighted by atomic mass is 79.9. The second kappa shape index (κ2) is 8.63. The summed E-state index contributed by atoms with van der Waals surface area (Å²) >= 11 is 10.9. The van der Waals surface area contributed by atoms with Crippen LogP contribution in [0.4, 0.5) is 0 Å². The number of ether oxygens (including phenoxy) is 2. The first-order valence-electron chi connectivity index (χ1n) is 6.28. The van der Waals surface area contributed by atoms with Gasteiger partial charge in [0.25, 0.3) is 0 Å². The Bertz CT molecular complexity index is 582. The van der Waals surface area contributed by atoms with Crippen molar-refractivity contribution in [1.29, 1.82) is 0 Å². The summed E-state index contributed by atoms with van der Waals surface area (Å²) in [6, 6.07) is 5.46. The van der Waals surface area contributed by atoms with E-state index in [2.05, 4.69) is 26.1 Å². The van der Waals surface area contributed by atoms with Crippen molar-refractivity contribution in [2.75, 3.05) is 26.1 Å². The van der Waals surface area contributed by atoms with Crippen LogP contribution in [0, 0.1) is 0 Å². The third-order valence-corrected chi connectivity index (χ3v) is 4.38. The summed E-state index contributed by atoms with van der Waals surface area (Å²) in [6.07, 6.45) is 1.71. The van der Waals surface area contributed by atoms with Gasteiger partial charge in [-0.3, -0.25) is 0 Å². The zero-order chi connectivity index (χ0) is 15.1. The Morgan fingerprint density at radius 1 is 1.38 bits per heavy atom. The van der Waals surface area contributed by atoms with Crippen LogP contribution in [0.15, 0.2) is 34.2 Å². The first-order valence-corrected chi connectivity index (χ1v) is 8.43.